The molecule has 0 saturated heterocycles. The molecule has 0 unspecified atom stereocenters. The van der Waals surface area contributed by atoms with E-state index in [2.05, 4.69) is 22.7 Å². The summed E-state index contributed by atoms with van der Waals surface area (Å²) in [5.74, 6) is 2.88. The molecule has 2 bridgehead atoms. The molecule has 27 heavy (non-hydrogen) atoms. The van der Waals surface area contributed by atoms with E-state index in [4.69, 9.17) is 14.2 Å². The zero-order chi connectivity index (χ0) is 19.2. The average molecular weight is 372 g/mol. The summed E-state index contributed by atoms with van der Waals surface area (Å²) in [6, 6.07) is 3.34. The monoisotopic (exact) mass is 372 g/mol. The predicted octanol–water partition coefficient (Wildman–Crippen LogP) is 3.81. The number of amides is 1. The molecule has 2 aliphatic carbocycles. The molecule has 3 rings (SSSR count). The van der Waals surface area contributed by atoms with Crippen LogP contribution >= 0.6 is 0 Å². The van der Waals surface area contributed by atoms with Crippen molar-refractivity contribution in [2.75, 3.05) is 19.8 Å². The van der Waals surface area contributed by atoms with E-state index >= 15 is 0 Å². The van der Waals surface area contributed by atoms with Gasteiger partial charge in [-0.3, -0.25) is 4.79 Å². The predicted molar refractivity (Wildman–Crippen MR) is 105 cm³/mol. The molecule has 0 aromatic heterocycles. The fraction of sp³-hybridized carbons (Fsp3) is 0.524. The Morgan fingerprint density at radius 1 is 1.07 bits per heavy atom. The maximum absolute atomic E-state index is 12.6. The Kier molecular flexibility index (Phi) is 6.37. The van der Waals surface area contributed by atoms with Gasteiger partial charge in [-0.15, -0.1) is 0 Å². The summed E-state index contributed by atoms with van der Waals surface area (Å²) >= 11 is 0. The second-order valence-electron chi connectivity index (χ2n) is 6.76. The van der Waals surface area contributed by atoms with Gasteiger partial charge in [0, 0.05) is 17.7 Å². The van der Waals surface area contributed by atoms with E-state index in [1.54, 1.807) is 12.1 Å². The normalized spacial score (nSPS) is 23.0. The summed E-state index contributed by atoms with van der Waals surface area (Å²) in [5.41, 5.74) is 3.06. The lowest BCUT2D eigenvalue weighted by molar-refractivity contribution is 0.0953. The van der Waals surface area contributed by atoms with Crippen LogP contribution < -0.4 is 19.6 Å². The fourth-order valence-corrected chi connectivity index (χ4v) is 3.77. The summed E-state index contributed by atoms with van der Waals surface area (Å²) in [7, 11) is 0. The molecule has 146 valence electrons. The lowest BCUT2D eigenvalue weighted by Gasteiger charge is -2.16. The van der Waals surface area contributed by atoms with Crippen LogP contribution in [0, 0.1) is 17.8 Å². The first-order valence-corrected chi connectivity index (χ1v) is 9.74. The van der Waals surface area contributed by atoms with E-state index in [1.807, 2.05) is 27.0 Å². The molecule has 1 aromatic carbocycles. The number of carbonyl (C=O) groups is 1. The van der Waals surface area contributed by atoms with Crippen LogP contribution in [0.5, 0.6) is 17.2 Å². The van der Waals surface area contributed by atoms with Crippen LogP contribution in [0.25, 0.3) is 0 Å². The number of nitrogens with zero attached hydrogens (tertiary/aromatic N) is 1. The minimum atomic E-state index is -0.296. The number of nitrogens with one attached hydrogen (secondary N) is 1. The van der Waals surface area contributed by atoms with Crippen LogP contribution in [0.2, 0.25) is 0 Å². The van der Waals surface area contributed by atoms with Gasteiger partial charge in [-0.05, 0) is 57.6 Å². The summed E-state index contributed by atoms with van der Waals surface area (Å²) in [6.45, 7) is 7.08. The van der Waals surface area contributed by atoms with Gasteiger partial charge in [0.1, 0.15) is 0 Å². The molecule has 0 aliphatic heterocycles. The molecular formula is C21H28N2O4. The number of rotatable bonds is 9. The molecule has 6 heteroatoms. The Morgan fingerprint density at radius 3 is 2.26 bits per heavy atom. The Bertz CT molecular complexity index is 702. The third kappa shape index (κ3) is 4.43. The van der Waals surface area contributed by atoms with Crippen molar-refractivity contribution in [1.29, 1.82) is 0 Å². The molecule has 0 radical (unpaired) electrons. The van der Waals surface area contributed by atoms with Gasteiger partial charge in [0.15, 0.2) is 11.5 Å². The lowest BCUT2D eigenvalue weighted by Crippen LogP contribution is -2.20. The summed E-state index contributed by atoms with van der Waals surface area (Å²) < 4.78 is 17.0. The molecule has 1 aromatic rings. The van der Waals surface area contributed by atoms with Crippen LogP contribution in [0.1, 0.15) is 44.0 Å². The fourth-order valence-electron chi connectivity index (χ4n) is 3.77. The average Bonchev–Trinajstić information content (AvgIpc) is 3.27. The maximum Gasteiger partial charge on any atom is 0.271 e. The highest BCUT2D eigenvalue weighted by molar-refractivity contribution is 5.95. The molecular weight excluding hydrogens is 344 g/mol. The standard InChI is InChI=1S/C21H28N2O4/c1-4-25-18-11-16(12-19(26-5-2)20(18)27-6-3)21(24)23-22-13-17-10-14-7-8-15(17)9-14/h7-8,11-15,17H,4-6,9-10H2,1-3H3,(H,23,24)/b22-13-/t14-,15+,17+/m0/s1. The molecule has 2 aliphatic rings. The quantitative estimate of drug-likeness (QED) is 0.407. The molecule has 1 saturated carbocycles. The van der Waals surface area contributed by atoms with Gasteiger partial charge in [-0.2, -0.15) is 5.10 Å². The minimum Gasteiger partial charge on any atom is -0.490 e. The van der Waals surface area contributed by atoms with E-state index in [-0.39, 0.29) is 5.91 Å². The lowest BCUT2D eigenvalue weighted by atomic mass is 9.95. The molecule has 1 fully saturated rings. The topological polar surface area (TPSA) is 69.2 Å². The van der Waals surface area contributed by atoms with Crippen molar-refractivity contribution in [2.45, 2.75) is 33.6 Å². The Morgan fingerprint density at radius 2 is 1.74 bits per heavy atom. The highest BCUT2D eigenvalue weighted by Crippen LogP contribution is 2.42. The molecule has 0 spiro atoms. The van der Waals surface area contributed by atoms with Crippen molar-refractivity contribution in [3.8, 4) is 17.2 Å². The summed E-state index contributed by atoms with van der Waals surface area (Å²) in [6.07, 6.45) is 8.75. The first-order chi connectivity index (χ1) is 13.2. The third-order valence-corrected chi connectivity index (χ3v) is 4.93. The molecule has 0 heterocycles. The number of ether oxygens (including phenoxy) is 3. The van der Waals surface area contributed by atoms with E-state index in [9.17, 15) is 4.79 Å². The van der Waals surface area contributed by atoms with Crippen LogP contribution in [-0.4, -0.2) is 31.9 Å². The van der Waals surface area contributed by atoms with Crippen molar-refractivity contribution in [1.82, 2.24) is 5.43 Å². The largest absolute Gasteiger partial charge is 0.490 e. The van der Waals surface area contributed by atoms with Gasteiger partial charge in [0.05, 0.1) is 19.8 Å². The number of allylic oxidation sites excluding steroid dienone is 2. The van der Waals surface area contributed by atoms with E-state index < -0.39 is 0 Å². The zero-order valence-corrected chi connectivity index (χ0v) is 16.2. The van der Waals surface area contributed by atoms with Crippen LogP contribution in [0.4, 0.5) is 0 Å². The number of fused-ring (bicyclic) bond motifs is 2. The number of hydrazone groups is 1. The van der Waals surface area contributed by atoms with E-state index in [0.29, 0.717) is 60.4 Å². The molecule has 1 amide bonds. The smallest absolute Gasteiger partial charge is 0.271 e. The van der Waals surface area contributed by atoms with Crippen molar-refractivity contribution in [3.05, 3.63) is 29.8 Å². The van der Waals surface area contributed by atoms with Gasteiger partial charge in [-0.1, -0.05) is 12.2 Å². The van der Waals surface area contributed by atoms with Crippen molar-refractivity contribution < 1.29 is 19.0 Å². The second-order valence-corrected chi connectivity index (χ2v) is 6.76. The van der Waals surface area contributed by atoms with E-state index in [1.165, 1.54) is 6.42 Å². The Balaban J connectivity index is 1.73. The second kappa shape index (κ2) is 8.93. The SMILES string of the molecule is CCOc1cc(C(=O)N/N=C\[C@H]2C[C@H]3C=C[C@@H]2C3)cc(OCC)c1OCC. The number of hydrogen-bond acceptors (Lipinski definition) is 5. The first-order valence-electron chi connectivity index (χ1n) is 9.74. The van der Waals surface area contributed by atoms with Crippen molar-refractivity contribution in [3.63, 3.8) is 0 Å². The van der Waals surface area contributed by atoms with E-state index in [0.717, 1.165) is 6.42 Å². The van der Waals surface area contributed by atoms with Gasteiger partial charge in [0.2, 0.25) is 5.75 Å². The number of hydrogen-bond donors (Lipinski definition) is 1. The minimum absolute atomic E-state index is 0.296. The third-order valence-electron chi connectivity index (χ3n) is 4.93. The molecule has 1 N–H and O–H groups in total. The molecule has 3 atom stereocenters. The summed E-state index contributed by atoms with van der Waals surface area (Å²) in [5, 5.41) is 4.19. The van der Waals surface area contributed by atoms with Gasteiger partial charge in [-0.25, -0.2) is 5.43 Å². The maximum atomic E-state index is 12.6. The molecule has 6 nitrogen and oxygen atoms in total. The summed E-state index contributed by atoms with van der Waals surface area (Å²) in [4.78, 5) is 12.6. The Hall–Kier alpha value is -2.50. The first kappa shape index (κ1) is 19.3. The van der Waals surface area contributed by atoms with Crippen molar-refractivity contribution in [2.24, 2.45) is 22.9 Å². The van der Waals surface area contributed by atoms with Gasteiger partial charge >= 0.3 is 0 Å². The highest BCUT2D eigenvalue weighted by Gasteiger charge is 2.34. The van der Waals surface area contributed by atoms with Crippen LogP contribution in [0.3, 0.4) is 0 Å². The zero-order valence-electron chi connectivity index (χ0n) is 16.2. The number of benzene rings is 1. The van der Waals surface area contributed by atoms with Crippen molar-refractivity contribution >= 4 is 12.1 Å². The highest BCUT2D eigenvalue weighted by atomic mass is 16.5. The van der Waals surface area contributed by atoms with Crippen LogP contribution in [-0.2, 0) is 0 Å². The van der Waals surface area contributed by atoms with Crippen LogP contribution in [0.15, 0.2) is 29.4 Å². The number of carbonyl (C=O) groups excluding carboxylic acids is 1. The van der Waals surface area contributed by atoms with Gasteiger partial charge in [0.25, 0.3) is 5.91 Å². The van der Waals surface area contributed by atoms with Gasteiger partial charge < -0.3 is 14.2 Å². The Labute approximate surface area is 160 Å².